The van der Waals surface area contributed by atoms with Gasteiger partial charge in [-0.2, -0.15) is 0 Å². The topological polar surface area (TPSA) is 84.2 Å². The Morgan fingerprint density at radius 1 is 1.35 bits per heavy atom. The van der Waals surface area contributed by atoms with Crippen LogP contribution in [-0.2, 0) is 0 Å². The van der Waals surface area contributed by atoms with Crippen LogP contribution in [0.15, 0.2) is 11.4 Å². The van der Waals surface area contributed by atoms with Crippen molar-refractivity contribution in [2.45, 2.75) is 13.3 Å². The highest BCUT2D eigenvalue weighted by atomic mass is 32.1. The average molecular weight is 255 g/mol. The molecule has 4 N–H and O–H groups in total. The third kappa shape index (κ3) is 4.54. The van der Waals surface area contributed by atoms with Crippen LogP contribution in [0.25, 0.3) is 0 Å². The lowest BCUT2D eigenvalue weighted by molar-refractivity contribution is 0.0958. The summed E-state index contributed by atoms with van der Waals surface area (Å²) < 4.78 is 0. The van der Waals surface area contributed by atoms with E-state index in [1.54, 1.807) is 5.38 Å². The van der Waals surface area contributed by atoms with Gasteiger partial charge in [0.2, 0.25) is 5.91 Å². The van der Waals surface area contributed by atoms with Crippen LogP contribution in [0.4, 0.5) is 0 Å². The Kier molecular flexibility index (Phi) is 5.65. The third-order valence-corrected chi connectivity index (χ3v) is 3.05. The minimum atomic E-state index is -0.509. The summed E-state index contributed by atoms with van der Waals surface area (Å²) >= 11 is 1.22. The van der Waals surface area contributed by atoms with Gasteiger partial charge in [0.1, 0.15) is 0 Å². The van der Waals surface area contributed by atoms with Crippen molar-refractivity contribution in [2.24, 2.45) is 5.73 Å². The molecular formula is C11H17N3O2S. The van der Waals surface area contributed by atoms with E-state index in [-0.39, 0.29) is 5.91 Å². The zero-order valence-corrected chi connectivity index (χ0v) is 10.6. The molecule has 0 aliphatic heterocycles. The lowest BCUT2D eigenvalue weighted by atomic mass is 10.3. The SMILES string of the molecule is CCCNCCNC(=O)c1cc(C(N)=O)cs1. The molecule has 0 spiro atoms. The summed E-state index contributed by atoms with van der Waals surface area (Å²) in [6.45, 7) is 4.35. The van der Waals surface area contributed by atoms with Crippen molar-refractivity contribution >= 4 is 23.2 Å². The van der Waals surface area contributed by atoms with E-state index < -0.39 is 5.91 Å². The second-order valence-corrected chi connectivity index (χ2v) is 4.48. The molecule has 1 heterocycles. The van der Waals surface area contributed by atoms with Crippen LogP contribution in [0.5, 0.6) is 0 Å². The van der Waals surface area contributed by atoms with E-state index in [4.69, 9.17) is 5.73 Å². The van der Waals surface area contributed by atoms with Gasteiger partial charge in [0.15, 0.2) is 0 Å². The first-order valence-corrected chi connectivity index (χ1v) is 6.40. The minimum absolute atomic E-state index is 0.166. The molecule has 1 aromatic heterocycles. The molecule has 0 atom stereocenters. The molecule has 5 nitrogen and oxygen atoms in total. The summed E-state index contributed by atoms with van der Waals surface area (Å²) in [5.74, 6) is -0.675. The van der Waals surface area contributed by atoms with Crippen LogP contribution in [0.3, 0.4) is 0 Å². The highest BCUT2D eigenvalue weighted by molar-refractivity contribution is 7.12. The maximum Gasteiger partial charge on any atom is 0.261 e. The van der Waals surface area contributed by atoms with Crippen LogP contribution >= 0.6 is 11.3 Å². The van der Waals surface area contributed by atoms with Gasteiger partial charge < -0.3 is 16.4 Å². The van der Waals surface area contributed by atoms with E-state index >= 15 is 0 Å². The number of nitrogens with two attached hydrogens (primary N) is 1. The first-order chi connectivity index (χ1) is 8.15. The van der Waals surface area contributed by atoms with Gasteiger partial charge in [-0.05, 0) is 19.0 Å². The predicted octanol–water partition coefficient (Wildman–Crippen LogP) is 0.576. The molecule has 0 aliphatic carbocycles. The number of amides is 2. The van der Waals surface area contributed by atoms with E-state index in [0.717, 1.165) is 19.5 Å². The monoisotopic (exact) mass is 255 g/mol. The van der Waals surface area contributed by atoms with Gasteiger partial charge in [0.05, 0.1) is 10.4 Å². The molecule has 1 aromatic rings. The Balaban J connectivity index is 2.34. The molecule has 0 saturated carbocycles. The van der Waals surface area contributed by atoms with Crippen molar-refractivity contribution in [2.75, 3.05) is 19.6 Å². The van der Waals surface area contributed by atoms with E-state index in [2.05, 4.69) is 17.6 Å². The van der Waals surface area contributed by atoms with Crippen LogP contribution in [0, 0.1) is 0 Å². The molecule has 0 saturated heterocycles. The number of primary amides is 1. The average Bonchev–Trinajstić information content (AvgIpc) is 2.78. The molecule has 0 fully saturated rings. The second kappa shape index (κ2) is 7.03. The number of carbonyl (C=O) groups is 2. The van der Waals surface area contributed by atoms with Gasteiger partial charge in [0.25, 0.3) is 5.91 Å². The molecule has 1 rings (SSSR count). The summed E-state index contributed by atoms with van der Waals surface area (Å²) in [5.41, 5.74) is 5.49. The quantitative estimate of drug-likeness (QED) is 0.623. The molecule has 2 amide bonds. The van der Waals surface area contributed by atoms with Crippen LogP contribution in [0.1, 0.15) is 33.4 Å². The lowest BCUT2D eigenvalue weighted by Gasteiger charge is -2.04. The van der Waals surface area contributed by atoms with Crippen molar-refractivity contribution in [1.29, 1.82) is 0 Å². The van der Waals surface area contributed by atoms with E-state index in [1.807, 2.05) is 0 Å². The van der Waals surface area contributed by atoms with Gasteiger partial charge in [-0.1, -0.05) is 6.92 Å². The van der Waals surface area contributed by atoms with Crippen molar-refractivity contribution in [1.82, 2.24) is 10.6 Å². The molecule has 0 bridgehead atoms. The van der Waals surface area contributed by atoms with Gasteiger partial charge in [-0.25, -0.2) is 0 Å². The largest absolute Gasteiger partial charge is 0.366 e. The highest BCUT2D eigenvalue weighted by Gasteiger charge is 2.10. The Morgan fingerprint density at radius 2 is 2.12 bits per heavy atom. The summed E-state index contributed by atoms with van der Waals surface area (Å²) in [5, 5.41) is 7.54. The minimum Gasteiger partial charge on any atom is -0.366 e. The van der Waals surface area contributed by atoms with Crippen molar-refractivity contribution in [3.63, 3.8) is 0 Å². The molecule has 94 valence electrons. The van der Waals surface area contributed by atoms with Gasteiger partial charge in [-0.3, -0.25) is 9.59 Å². The predicted molar refractivity (Wildman–Crippen MR) is 68.3 cm³/mol. The molecular weight excluding hydrogens is 238 g/mol. The summed E-state index contributed by atoms with van der Waals surface area (Å²) in [6.07, 6.45) is 1.07. The number of thiophene rings is 1. The Hall–Kier alpha value is -1.40. The molecule has 0 aliphatic rings. The summed E-state index contributed by atoms with van der Waals surface area (Å²) in [4.78, 5) is 23.0. The Bertz CT molecular complexity index is 390. The number of hydrogen-bond acceptors (Lipinski definition) is 4. The zero-order valence-electron chi connectivity index (χ0n) is 9.79. The number of rotatable bonds is 7. The fourth-order valence-corrected chi connectivity index (χ4v) is 2.05. The fraction of sp³-hybridized carbons (Fsp3) is 0.455. The normalized spacial score (nSPS) is 10.2. The van der Waals surface area contributed by atoms with Crippen LogP contribution in [0.2, 0.25) is 0 Å². The lowest BCUT2D eigenvalue weighted by Crippen LogP contribution is -2.31. The zero-order chi connectivity index (χ0) is 12.7. The third-order valence-electron chi connectivity index (χ3n) is 2.12. The molecule has 17 heavy (non-hydrogen) atoms. The standard InChI is InChI=1S/C11H17N3O2S/c1-2-3-13-4-5-14-11(16)9-6-8(7-17-9)10(12)15/h6-7,13H,2-5H2,1H3,(H2,12,15)(H,14,16). The fourth-order valence-electron chi connectivity index (χ4n) is 1.24. The molecule has 0 unspecified atom stereocenters. The number of carbonyl (C=O) groups excluding carboxylic acids is 2. The highest BCUT2D eigenvalue weighted by Crippen LogP contribution is 2.13. The molecule has 0 aromatic carbocycles. The van der Waals surface area contributed by atoms with E-state index in [0.29, 0.717) is 17.0 Å². The van der Waals surface area contributed by atoms with Crippen molar-refractivity contribution < 1.29 is 9.59 Å². The van der Waals surface area contributed by atoms with E-state index in [9.17, 15) is 9.59 Å². The first kappa shape index (κ1) is 13.7. The summed E-state index contributed by atoms with van der Waals surface area (Å²) in [7, 11) is 0. The second-order valence-electron chi connectivity index (χ2n) is 3.57. The smallest absolute Gasteiger partial charge is 0.261 e. The van der Waals surface area contributed by atoms with E-state index in [1.165, 1.54) is 17.4 Å². The van der Waals surface area contributed by atoms with Crippen LogP contribution < -0.4 is 16.4 Å². The summed E-state index contributed by atoms with van der Waals surface area (Å²) in [6, 6.07) is 1.52. The maximum atomic E-state index is 11.6. The van der Waals surface area contributed by atoms with Crippen molar-refractivity contribution in [3.05, 3.63) is 21.9 Å². The molecule has 0 radical (unpaired) electrons. The van der Waals surface area contributed by atoms with Crippen molar-refractivity contribution in [3.8, 4) is 0 Å². The van der Waals surface area contributed by atoms with Gasteiger partial charge in [0, 0.05) is 18.5 Å². The Labute approximate surface area is 104 Å². The first-order valence-electron chi connectivity index (χ1n) is 5.52. The maximum absolute atomic E-state index is 11.6. The van der Waals surface area contributed by atoms with Gasteiger partial charge >= 0.3 is 0 Å². The Morgan fingerprint density at radius 3 is 2.71 bits per heavy atom. The number of nitrogens with one attached hydrogen (secondary N) is 2. The van der Waals surface area contributed by atoms with Gasteiger partial charge in [-0.15, -0.1) is 11.3 Å². The number of hydrogen-bond donors (Lipinski definition) is 3. The molecule has 6 heteroatoms. The van der Waals surface area contributed by atoms with Crippen LogP contribution in [-0.4, -0.2) is 31.4 Å².